The quantitative estimate of drug-likeness (QED) is 0.911. The zero-order valence-electron chi connectivity index (χ0n) is 14.1. The third-order valence-corrected chi connectivity index (χ3v) is 6.22. The molecule has 5 atom stereocenters. The number of likely N-dealkylation sites (tertiary alicyclic amines) is 1. The van der Waals surface area contributed by atoms with Crippen molar-refractivity contribution in [3.63, 3.8) is 0 Å². The van der Waals surface area contributed by atoms with Gasteiger partial charge in [0.25, 0.3) is 0 Å². The molecule has 0 spiro atoms. The first-order chi connectivity index (χ1) is 11.2. The number of hydrogen-bond donors (Lipinski definition) is 1. The van der Waals surface area contributed by atoms with Crippen LogP contribution in [0.4, 0.5) is 0 Å². The van der Waals surface area contributed by atoms with Gasteiger partial charge in [-0.25, -0.2) is 0 Å². The highest BCUT2D eigenvalue weighted by Gasteiger charge is 2.46. The number of fused-ring (bicyclic) bond motifs is 2. The molecule has 0 aromatic heterocycles. The maximum atomic E-state index is 13.1. The summed E-state index contributed by atoms with van der Waals surface area (Å²) in [6, 6.07) is 11.5. The summed E-state index contributed by atoms with van der Waals surface area (Å²) >= 11 is 0. The van der Waals surface area contributed by atoms with E-state index in [2.05, 4.69) is 47.5 Å². The van der Waals surface area contributed by atoms with Gasteiger partial charge in [-0.3, -0.25) is 9.69 Å². The third kappa shape index (κ3) is 3.09. The summed E-state index contributed by atoms with van der Waals surface area (Å²) in [7, 11) is 0. The largest absolute Gasteiger partial charge is 0.310 e. The van der Waals surface area contributed by atoms with Crippen molar-refractivity contribution in [1.29, 1.82) is 0 Å². The van der Waals surface area contributed by atoms with Gasteiger partial charge in [0.05, 0.1) is 0 Å². The van der Waals surface area contributed by atoms with Gasteiger partial charge in [0.2, 0.25) is 0 Å². The van der Waals surface area contributed by atoms with Gasteiger partial charge in [0.1, 0.15) is 5.78 Å². The minimum Gasteiger partial charge on any atom is -0.310 e. The van der Waals surface area contributed by atoms with Crippen LogP contribution in [0, 0.1) is 17.8 Å². The van der Waals surface area contributed by atoms with E-state index in [1.54, 1.807) is 0 Å². The Kier molecular flexibility index (Phi) is 4.25. The standard InChI is InChI=1S/C20H28N2O/c1-14-7-8-18-16(11-14)20(23)17-13-22(10-9-19(17)21-18)12-15-5-3-2-4-6-15/h2-6,14,16-19,21H,7-13H2,1H3. The second-order valence-corrected chi connectivity index (χ2v) is 7.92. The van der Waals surface area contributed by atoms with Gasteiger partial charge in [0.15, 0.2) is 0 Å². The molecule has 1 N–H and O–H groups in total. The molecule has 4 rings (SSSR count). The van der Waals surface area contributed by atoms with E-state index in [9.17, 15) is 4.79 Å². The summed E-state index contributed by atoms with van der Waals surface area (Å²) < 4.78 is 0. The predicted octanol–water partition coefficient (Wildman–Crippen LogP) is 2.85. The van der Waals surface area contributed by atoms with Crippen LogP contribution < -0.4 is 5.32 Å². The van der Waals surface area contributed by atoms with Crippen molar-refractivity contribution >= 4 is 5.78 Å². The Hall–Kier alpha value is -1.19. The maximum absolute atomic E-state index is 13.1. The first-order valence-electron chi connectivity index (χ1n) is 9.27. The van der Waals surface area contributed by atoms with Crippen molar-refractivity contribution in [2.75, 3.05) is 13.1 Å². The van der Waals surface area contributed by atoms with Crippen molar-refractivity contribution < 1.29 is 4.79 Å². The van der Waals surface area contributed by atoms with Crippen LogP contribution in [-0.2, 0) is 11.3 Å². The highest BCUT2D eigenvalue weighted by atomic mass is 16.1. The van der Waals surface area contributed by atoms with E-state index in [0.717, 1.165) is 32.5 Å². The van der Waals surface area contributed by atoms with Gasteiger partial charge in [-0.05, 0) is 37.2 Å². The number of nitrogens with zero attached hydrogens (tertiary/aromatic N) is 1. The lowest BCUT2D eigenvalue weighted by molar-refractivity contribution is -0.136. The van der Waals surface area contributed by atoms with Crippen LogP contribution in [0.3, 0.4) is 0 Å². The lowest BCUT2D eigenvalue weighted by Crippen LogP contribution is -2.63. The van der Waals surface area contributed by atoms with Gasteiger partial charge in [-0.15, -0.1) is 0 Å². The molecule has 3 aliphatic rings. The van der Waals surface area contributed by atoms with E-state index in [1.165, 1.54) is 18.4 Å². The van der Waals surface area contributed by atoms with E-state index in [4.69, 9.17) is 0 Å². The molecule has 3 heteroatoms. The minimum atomic E-state index is 0.207. The van der Waals surface area contributed by atoms with Crippen LogP contribution in [-0.4, -0.2) is 35.9 Å². The fraction of sp³-hybridized carbons (Fsp3) is 0.650. The van der Waals surface area contributed by atoms with Crippen molar-refractivity contribution in [1.82, 2.24) is 10.2 Å². The highest BCUT2D eigenvalue weighted by Crippen LogP contribution is 2.37. The second-order valence-electron chi connectivity index (χ2n) is 7.92. The Morgan fingerprint density at radius 2 is 1.87 bits per heavy atom. The number of hydrogen-bond acceptors (Lipinski definition) is 3. The highest BCUT2D eigenvalue weighted by molar-refractivity contribution is 5.86. The molecule has 1 saturated carbocycles. The Bertz CT molecular complexity index is 558. The molecule has 0 radical (unpaired) electrons. The fourth-order valence-corrected chi connectivity index (χ4v) is 4.94. The van der Waals surface area contributed by atoms with E-state index in [1.807, 2.05) is 0 Å². The monoisotopic (exact) mass is 312 g/mol. The lowest BCUT2D eigenvalue weighted by Gasteiger charge is -2.49. The SMILES string of the molecule is CC1CCC2NC3CCN(Cc4ccccc4)CC3C(=O)C2C1. The van der Waals surface area contributed by atoms with Gasteiger partial charge in [0, 0.05) is 43.6 Å². The van der Waals surface area contributed by atoms with Crippen molar-refractivity contribution in [3.8, 4) is 0 Å². The van der Waals surface area contributed by atoms with Crippen molar-refractivity contribution in [2.45, 2.75) is 51.2 Å². The number of carbonyl (C=O) groups is 1. The minimum absolute atomic E-state index is 0.207. The van der Waals surface area contributed by atoms with E-state index in [0.29, 0.717) is 23.8 Å². The summed E-state index contributed by atoms with van der Waals surface area (Å²) in [5, 5.41) is 3.85. The van der Waals surface area contributed by atoms with Crippen LogP contribution in [0.5, 0.6) is 0 Å². The number of carbonyl (C=O) groups excluding carboxylic acids is 1. The lowest BCUT2D eigenvalue weighted by atomic mass is 9.68. The molecule has 5 unspecified atom stereocenters. The van der Waals surface area contributed by atoms with Crippen molar-refractivity contribution in [2.24, 2.45) is 17.8 Å². The van der Waals surface area contributed by atoms with Gasteiger partial charge in [-0.1, -0.05) is 37.3 Å². The summed E-state index contributed by atoms with van der Waals surface area (Å²) in [5.74, 6) is 1.75. The van der Waals surface area contributed by atoms with Crippen LogP contribution in [0.15, 0.2) is 30.3 Å². The number of rotatable bonds is 2. The molecule has 1 aromatic carbocycles. The fourth-order valence-electron chi connectivity index (χ4n) is 4.94. The summed E-state index contributed by atoms with van der Waals surface area (Å²) in [6.07, 6.45) is 4.67. The Morgan fingerprint density at radius 3 is 2.70 bits per heavy atom. The Balaban J connectivity index is 1.44. The molecule has 2 aliphatic heterocycles. The molecule has 3 fully saturated rings. The molecular formula is C20H28N2O. The third-order valence-electron chi connectivity index (χ3n) is 6.22. The molecule has 1 aliphatic carbocycles. The van der Waals surface area contributed by atoms with E-state index >= 15 is 0 Å². The average molecular weight is 312 g/mol. The second kappa shape index (κ2) is 6.37. The maximum Gasteiger partial charge on any atom is 0.143 e. The summed E-state index contributed by atoms with van der Waals surface area (Å²) in [4.78, 5) is 15.5. The number of ketones is 1. The normalized spacial score (nSPS) is 38.0. The number of nitrogens with one attached hydrogen (secondary N) is 1. The van der Waals surface area contributed by atoms with E-state index in [-0.39, 0.29) is 11.8 Å². The zero-order valence-corrected chi connectivity index (χ0v) is 14.1. The molecule has 0 bridgehead atoms. The number of Topliss-reactive ketones (excluding diaryl/α,β-unsaturated/α-hetero) is 1. The van der Waals surface area contributed by atoms with Gasteiger partial charge < -0.3 is 5.32 Å². The number of piperidine rings is 2. The van der Waals surface area contributed by atoms with E-state index < -0.39 is 0 Å². The molecule has 124 valence electrons. The first-order valence-corrected chi connectivity index (χ1v) is 9.27. The molecule has 23 heavy (non-hydrogen) atoms. The molecule has 1 aromatic rings. The smallest absolute Gasteiger partial charge is 0.143 e. The Labute approximate surface area is 139 Å². The predicted molar refractivity (Wildman–Crippen MR) is 92.0 cm³/mol. The zero-order chi connectivity index (χ0) is 15.8. The van der Waals surface area contributed by atoms with Crippen LogP contribution >= 0.6 is 0 Å². The van der Waals surface area contributed by atoms with Crippen molar-refractivity contribution in [3.05, 3.63) is 35.9 Å². The topological polar surface area (TPSA) is 32.3 Å². The summed E-state index contributed by atoms with van der Waals surface area (Å²) in [6.45, 7) is 5.31. The number of benzene rings is 1. The van der Waals surface area contributed by atoms with Gasteiger partial charge >= 0.3 is 0 Å². The molecule has 3 nitrogen and oxygen atoms in total. The molecule has 0 amide bonds. The molecule has 2 saturated heterocycles. The van der Waals surface area contributed by atoms with Crippen LogP contribution in [0.25, 0.3) is 0 Å². The Morgan fingerprint density at radius 1 is 1.09 bits per heavy atom. The summed E-state index contributed by atoms with van der Waals surface area (Å²) in [5.41, 5.74) is 1.35. The van der Waals surface area contributed by atoms with Crippen LogP contribution in [0.2, 0.25) is 0 Å². The van der Waals surface area contributed by atoms with Gasteiger partial charge in [-0.2, -0.15) is 0 Å². The average Bonchev–Trinajstić information content (AvgIpc) is 2.57. The molecular weight excluding hydrogens is 284 g/mol. The first kappa shape index (κ1) is 15.3. The van der Waals surface area contributed by atoms with Crippen LogP contribution in [0.1, 0.15) is 38.2 Å². The molecule has 2 heterocycles.